The maximum absolute atomic E-state index is 10.2. The number of aliphatic hydroxyl groups excluding tert-OH is 1. The number of ether oxygens (including phenoxy) is 1. The van der Waals surface area contributed by atoms with E-state index in [4.69, 9.17) is 4.74 Å². The molecule has 0 bridgehead atoms. The predicted molar refractivity (Wildman–Crippen MR) is 95.0 cm³/mol. The van der Waals surface area contributed by atoms with Gasteiger partial charge in [0.1, 0.15) is 24.3 Å². The molecule has 1 unspecified atom stereocenters. The molecule has 2 aromatic carbocycles. The molecule has 0 aliphatic carbocycles. The molecule has 1 heterocycles. The molecule has 0 fully saturated rings. The van der Waals surface area contributed by atoms with Crippen LogP contribution < -0.4 is 4.74 Å². The van der Waals surface area contributed by atoms with Crippen LogP contribution in [0.3, 0.4) is 0 Å². The molecular formula is C20H22N2O2. The highest BCUT2D eigenvalue weighted by Gasteiger charge is 2.09. The van der Waals surface area contributed by atoms with Gasteiger partial charge in [0.05, 0.1) is 6.54 Å². The highest BCUT2D eigenvalue weighted by molar-refractivity contribution is 5.63. The summed E-state index contributed by atoms with van der Waals surface area (Å²) in [6.07, 6.45) is 3.92. The van der Waals surface area contributed by atoms with Gasteiger partial charge in [-0.3, -0.25) is 0 Å². The third-order valence-electron chi connectivity index (χ3n) is 3.93. The fourth-order valence-corrected chi connectivity index (χ4v) is 2.67. The van der Waals surface area contributed by atoms with Crippen molar-refractivity contribution in [3.05, 3.63) is 72.8 Å². The Morgan fingerprint density at radius 3 is 2.46 bits per heavy atom. The van der Waals surface area contributed by atoms with Crippen LogP contribution in [0, 0.1) is 0 Å². The Kier molecular flexibility index (Phi) is 5.29. The highest BCUT2D eigenvalue weighted by Crippen LogP contribution is 2.22. The Hall–Kier alpha value is -2.59. The first-order chi connectivity index (χ1) is 11.8. The van der Waals surface area contributed by atoms with E-state index in [0.29, 0.717) is 6.54 Å². The van der Waals surface area contributed by atoms with Crippen LogP contribution in [0.2, 0.25) is 0 Å². The van der Waals surface area contributed by atoms with Crippen molar-refractivity contribution in [3.8, 4) is 16.9 Å². The smallest absolute Gasteiger partial charge is 0.119 e. The molecule has 4 nitrogen and oxygen atoms in total. The van der Waals surface area contributed by atoms with Gasteiger partial charge in [0, 0.05) is 18.8 Å². The molecular weight excluding hydrogens is 300 g/mol. The van der Waals surface area contributed by atoms with E-state index in [1.54, 1.807) is 6.20 Å². The molecule has 0 amide bonds. The summed E-state index contributed by atoms with van der Waals surface area (Å²) in [6.45, 7) is 2.80. The van der Waals surface area contributed by atoms with Gasteiger partial charge in [-0.2, -0.15) is 0 Å². The largest absolute Gasteiger partial charge is 0.491 e. The Bertz CT molecular complexity index is 751. The van der Waals surface area contributed by atoms with Crippen LogP contribution >= 0.6 is 0 Å². The molecule has 3 rings (SSSR count). The maximum atomic E-state index is 10.2. The van der Waals surface area contributed by atoms with Gasteiger partial charge in [0.2, 0.25) is 0 Å². The number of benzene rings is 2. The number of imidazole rings is 1. The quantitative estimate of drug-likeness (QED) is 0.723. The molecule has 1 atom stereocenters. The Morgan fingerprint density at radius 1 is 1.04 bits per heavy atom. The van der Waals surface area contributed by atoms with E-state index in [-0.39, 0.29) is 6.61 Å². The molecule has 4 heteroatoms. The number of aromatic nitrogens is 2. The fraction of sp³-hybridized carbons (Fsp3) is 0.250. The van der Waals surface area contributed by atoms with E-state index >= 15 is 0 Å². The second-order valence-corrected chi connectivity index (χ2v) is 5.70. The van der Waals surface area contributed by atoms with Crippen molar-refractivity contribution in [1.29, 1.82) is 0 Å². The van der Waals surface area contributed by atoms with Gasteiger partial charge in [-0.15, -0.1) is 0 Å². The highest BCUT2D eigenvalue weighted by atomic mass is 16.5. The van der Waals surface area contributed by atoms with Gasteiger partial charge >= 0.3 is 0 Å². The fourth-order valence-electron chi connectivity index (χ4n) is 2.67. The van der Waals surface area contributed by atoms with Crippen molar-refractivity contribution in [1.82, 2.24) is 9.55 Å². The van der Waals surface area contributed by atoms with E-state index in [1.165, 1.54) is 5.56 Å². The predicted octanol–water partition coefficient (Wildman–Crippen LogP) is 3.55. The number of hydrogen-bond acceptors (Lipinski definition) is 3. The summed E-state index contributed by atoms with van der Waals surface area (Å²) >= 11 is 0. The first kappa shape index (κ1) is 16.3. The molecule has 3 aromatic rings. The zero-order valence-corrected chi connectivity index (χ0v) is 13.8. The van der Waals surface area contributed by atoms with Crippen LogP contribution in [0.15, 0.2) is 67.0 Å². The van der Waals surface area contributed by atoms with Crippen molar-refractivity contribution < 1.29 is 9.84 Å². The molecule has 1 aromatic heterocycles. The zero-order chi connectivity index (χ0) is 16.8. The number of hydrogen-bond donors (Lipinski definition) is 1. The Balaban J connectivity index is 1.55. The standard InChI is InChI=1S/C20H22N2O2/c1-2-20-21-12-13-22(20)14-18(23)15-24-19-10-8-17(9-11-19)16-6-4-3-5-7-16/h3-13,18,23H,2,14-15H2,1H3. The van der Waals surface area contributed by atoms with Gasteiger partial charge < -0.3 is 14.4 Å². The summed E-state index contributed by atoms with van der Waals surface area (Å²) in [5.41, 5.74) is 2.32. The van der Waals surface area contributed by atoms with Crippen molar-refractivity contribution in [2.24, 2.45) is 0 Å². The van der Waals surface area contributed by atoms with Gasteiger partial charge in [0.25, 0.3) is 0 Å². The number of rotatable bonds is 7. The molecule has 124 valence electrons. The minimum absolute atomic E-state index is 0.256. The average molecular weight is 322 g/mol. The van der Waals surface area contributed by atoms with Gasteiger partial charge in [-0.05, 0) is 23.3 Å². The number of nitrogens with zero attached hydrogens (tertiary/aromatic N) is 2. The second-order valence-electron chi connectivity index (χ2n) is 5.70. The van der Waals surface area contributed by atoms with Gasteiger partial charge in [-0.25, -0.2) is 4.98 Å². The van der Waals surface area contributed by atoms with E-state index in [9.17, 15) is 5.11 Å². The summed E-state index contributed by atoms with van der Waals surface area (Å²) < 4.78 is 7.66. The summed E-state index contributed by atoms with van der Waals surface area (Å²) in [4.78, 5) is 4.26. The lowest BCUT2D eigenvalue weighted by Crippen LogP contribution is -2.24. The van der Waals surface area contributed by atoms with Crippen LogP contribution in [-0.2, 0) is 13.0 Å². The Morgan fingerprint density at radius 2 is 1.75 bits per heavy atom. The molecule has 0 aliphatic heterocycles. The third kappa shape index (κ3) is 4.03. The van der Waals surface area contributed by atoms with Crippen LogP contribution in [0.25, 0.3) is 11.1 Å². The second kappa shape index (κ2) is 7.79. The van der Waals surface area contributed by atoms with E-state index in [2.05, 4.69) is 24.0 Å². The molecule has 0 saturated heterocycles. The van der Waals surface area contributed by atoms with Crippen molar-refractivity contribution in [3.63, 3.8) is 0 Å². The minimum Gasteiger partial charge on any atom is -0.491 e. The molecule has 0 spiro atoms. The first-order valence-corrected chi connectivity index (χ1v) is 8.22. The lowest BCUT2D eigenvalue weighted by atomic mass is 10.1. The number of aryl methyl sites for hydroxylation is 1. The third-order valence-corrected chi connectivity index (χ3v) is 3.93. The topological polar surface area (TPSA) is 47.3 Å². The van der Waals surface area contributed by atoms with Crippen molar-refractivity contribution in [2.75, 3.05) is 6.61 Å². The van der Waals surface area contributed by atoms with Crippen molar-refractivity contribution >= 4 is 0 Å². The van der Waals surface area contributed by atoms with Gasteiger partial charge in [-0.1, -0.05) is 49.4 Å². The van der Waals surface area contributed by atoms with E-state index < -0.39 is 6.10 Å². The molecule has 24 heavy (non-hydrogen) atoms. The van der Waals surface area contributed by atoms with Crippen molar-refractivity contribution in [2.45, 2.75) is 26.0 Å². The summed E-state index contributed by atoms with van der Waals surface area (Å²) in [5.74, 6) is 1.73. The average Bonchev–Trinajstić information content (AvgIpc) is 3.08. The molecule has 0 radical (unpaired) electrons. The lowest BCUT2D eigenvalue weighted by Gasteiger charge is -2.14. The molecule has 0 aliphatic rings. The minimum atomic E-state index is -0.571. The molecule has 0 saturated carbocycles. The summed E-state index contributed by atoms with van der Waals surface area (Å²) in [5, 5.41) is 10.2. The number of aliphatic hydroxyl groups is 1. The van der Waals surface area contributed by atoms with Crippen LogP contribution in [0.4, 0.5) is 0 Å². The summed E-state index contributed by atoms with van der Waals surface area (Å²) in [7, 11) is 0. The monoisotopic (exact) mass is 322 g/mol. The SMILES string of the molecule is CCc1nccn1CC(O)COc1ccc(-c2ccccc2)cc1. The zero-order valence-electron chi connectivity index (χ0n) is 13.8. The maximum Gasteiger partial charge on any atom is 0.119 e. The molecule has 1 N–H and O–H groups in total. The van der Waals surface area contributed by atoms with Crippen LogP contribution in [-0.4, -0.2) is 27.4 Å². The van der Waals surface area contributed by atoms with Crippen LogP contribution in [0.5, 0.6) is 5.75 Å². The lowest BCUT2D eigenvalue weighted by molar-refractivity contribution is 0.0918. The first-order valence-electron chi connectivity index (χ1n) is 8.22. The van der Waals surface area contributed by atoms with Crippen LogP contribution in [0.1, 0.15) is 12.7 Å². The van der Waals surface area contributed by atoms with E-state index in [0.717, 1.165) is 23.6 Å². The van der Waals surface area contributed by atoms with Gasteiger partial charge in [0.15, 0.2) is 0 Å². The van der Waals surface area contributed by atoms with E-state index in [1.807, 2.05) is 53.2 Å². The normalized spacial score (nSPS) is 12.1. The summed E-state index contributed by atoms with van der Waals surface area (Å²) in [6, 6.07) is 18.1. The Labute approximate surface area is 142 Å².